The molecule has 0 radical (unpaired) electrons. The summed E-state index contributed by atoms with van der Waals surface area (Å²) in [4.78, 5) is 28.4. The highest BCUT2D eigenvalue weighted by molar-refractivity contribution is 5.98. The van der Waals surface area contributed by atoms with Gasteiger partial charge in [-0.25, -0.2) is 4.79 Å². The minimum absolute atomic E-state index is 0.0142. The van der Waals surface area contributed by atoms with Gasteiger partial charge in [0.25, 0.3) is 0 Å². The molecule has 136 valence electrons. The Kier molecular flexibility index (Phi) is 5.75. The molecule has 1 aromatic rings. The number of carbonyl (C=O) groups excluding carboxylic acids is 2. The number of carbonyl (C=O) groups is 2. The van der Waals surface area contributed by atoms with Crippen molar-refractivity contribution in [3.05, 3.63) is 23.8 Å². The number of piperazine rings is 1. The second-order valence-corrected chi connectivity index (χ2v) is 6.28. The molecule has 1 saturated heterocycles. The lowest BCUT2D eigenvalue weighted by Gasteiger charge is -2.34. The molecule has 2 aliphatic heterocycles. The summed E-state index contributed by atoms with van der Waals surface area (Å²) in [6, 6.07) is 5.31. The number of nitrogens with zero attached hydrogens (tertiary/aromatic N) is 2. The first kappa shape index (κ1) is 17.5. The SMILES string of the molecule is CCCNC(=O)N1CCN(CC(=O)c2ccc3c(c2)OCCO3)CC1. The Morgan fingerprint density at radius 2 is 1.80 bits per heavy atom. The zero-order valence-electron chi connectivity index (χ0n) is 14.6. The van der Waals surface area contributed by atoms with Crippen LogP contribution in [-0.4, -0.2) is 74.1 Å². The van der Waals surface area contributed by atoms with E-state index in [1.807, 2.05) is 6.92 Å². The summed E-state index contributed by atoms with van der Waals surface area (Å²) >= 11 is 0. The van der Waals surface area contributed by atoms with Gasteiger partial charge in [-0.1, -0.05) is 6.92 Å². The number of urea groups is 1. The van der Waals surface area contributed by atoms with Gasteiger partial charge in [-0.05, 0) is 24.6 Å². The normalized spacial score (nSPS) is 17.2. The van der Waals surface area contributed by atoms with Crippen LogP contribution in [0.3, 0.4) is 0 Å². The quantitative estimate of drug-likeness (QED) is 0.815. The average molecular weight is 347 g/mol. The lowest BCUT2D eigenvalue weighted by Crippen LogP contribution is -2.52. The highest BCUT2D eigenvalue weighted by Crippen LogP contribution is 2.30. The number of benzene rings is 1. The highest BCUT2D eigenvalue weighted by Gasteiger charge is 2.23. The maximum atomic E-state index is 12.5. The van der Waals surface area contributed by atoms with Crippen LogP contribution in [0.25, 0.3) is 0 Å². The lowest BCUT2D eigenvalue weighted by molar-refractivity contribution is 0.0877. The summed E-state index contributed by atoms with van der Waals surface area (Å²) in [6.45, 7) is 6.82. The third-order valence-electron chi connectivity index (χ3n) is 4.42. The number of nitrogens with one attached hydrogen (secondary N) is 1. The van der Waals surface area contributed by atoms with E-state index in [4.69, 9.17) is 9.47 Å². The predicted molar refractivity (Wildman–Crippen MR) is 93.5 cm³/mol. The van der Waals surface area contributed by atoms with E-state index in [-0.39, 0.29) is 11.8 Å². The fourth-order valence-corrected chi connectivity index (χ4v) is 2.96. The number of hydrogen-bond donors (Lipinski definition) is 1. The fraction of sp³-hybridized carbons (Fsp3) is 0.556. The number of ether oxygens (including phenoxy) is 2. The molecule has 0 unspecified atom stereocenters. The Balaban J connectivity index is 1.50. The van der Waals surface area contributed by atoms with E-state index >= 15 is 0 Å². The van der Waals surface area contributed by atoms with Gasteiger partial charge in [-0.3, -0.25) is 9.69 Å². The Labute approximate surface area is 147 Å². The van der Waals surface area contributed by atoms with E-state index in [1.165, 1.54) is 0 Å². The highest BCUT2D eigenvalue weighted by atomic mass is 16.6. The smallest absolute Gasteiger partial charge is 0.317 e. The molecular formula is C18H25N3O4. The van der Waals surface area contributed by atoms with Gasteiger partial charge >= 0.3 is 6.03 Å². The minimum atomic E-state index is -0.0142. The van der Waals surface area contributed by atoms with E-state index in [0.717, 1.165) is 6.42 Å². The van der Waals surface area contributed by atoms with Crippen LogP contribution >= 0.6 is 0 Å². The molecule has 7 nitrogen and oxygen atoms in total. The lowest BCUT2D eigenvalue weighted by atomic mass is 10.1. The molecule has 0 spiro atoms. The molecule has 0 bridgehead atoms. The van der Waals surface area contributed by atoms with Crippen LogP contribution in [0.4, 0.5) is 4.79 Å². The Hall–Kier alpha value is -2.28. The van der Waals surface area contributed by atoms with Gasteiger partial charge in [0.1, 0.15) is 13.2 Å². The zero-order valence-corrected chi connectivity index (χ0v) is 14.6. The first-order valence-electron chi connectivity index (χ1n) is 8.85. The molecule has 25 heavy (non-hydrogen) atoms. The number of fused-ring (bicyclic) bond motifs is 1. The number of rotatable bonds is 5. The van der Waals surface area contributed by atoms with Crippen LogP contribution < -0.4 is 14.8 Å². The molecule has 7 heteroatoms. The Morgan fingerprint density at radius 3 is 2.52 bits per heavy atom. The van der Waals surface area contributed by atoms with E-state index < -0.39 is 0 Å². The van der Waals surface area contributed by atoms with Crippen molar-refractivity contribution in [2.45, 2.75) is 13.3 Å². The first-order chi connectivity index (χ1) is 12.2. The van der Waals surface area contributed by atoms with E-state index in [2.05, 4.69) is 10.2 Å². The van der Waals surface area contributed by atoms with Crippen molar-refractivity contribution in [2.24, 2.45) is 0 Å². The van der Waals surface area contributed by atoms with Crippen molar-refractivity contribution >= 4 is 11.8 Å². The molecule has 0 aliphatic carbocycles. The number of ketones is 1. The fourth-order valence-electron chi connectivity index (χ4n) is 2.96. The molecule has 3 rings (SSSR count). The van der Waals surface area contributed by atoms with Crippen LogP contribution in [0.5, 0.6) is 11.5 Å². The molecular weight excluding hydrogens is 322 g/mol. The van der Waals surface area contributed by atoms with Crippen molar-refractivity contribution in [1.29, 1.82) is 0 Å². The number of hydrogen-bond acceptors (Lipinski definition) is 5. The number of amides is 2. The van der Waals surface area contributed by atoms with Crippen LogP contribution in [0, 0.1) is 0 Å². The topological polar surface area (TPSA) is 71.1 Å². The van der Waals surface area contributed by atoms with E-state index in [9.17, 15) is 9.59 Å². The van der Waals surface area contributed by atoms with Crippen molar-refractivity contribution in [1.82, 2.24) is 15.1 Å². The second-order valence-electron chi connectivity index (χ2n) is 6.28. The van der Waals surface area contributed by atoms with Crippen LogP contribution in [-0.2, 0) is 0 Å². The molecule has 2 heterocycles. The molecule has 2 amide bonds. The van der Waals surface area contributed by atoms with Gasteiger partial charge in [0.05, 0.1) is 6.54 Å². The molecule has 1 aromatic carbocycles. The molecule has 2 aliphatic rings. The van der Waals surface area contributed by atoms with Gasteiger partial charge < -0.3 is 19.7 Å². The number of Topliss-reactive ketones (excluding diaryl/α,β-unsaturated/α-hetero) is 1. The van der Waals surface area contributed by atoms with Gasteiger partial charge in [-0.15, -0.1) is 0 Å². The van der Waals surface area contributed by atoms with Crippen LogP contribution in [0.1, 0.15) is 23.7 Å². The van der Waals surface area contributed by atoms with E-state index in [0.29, 0.717) is 69.5 Å². The summed E-state index contributed by atoms with van der Waals surface area (Å²) in [7, 11) is 0. The molecule has 1 fully saturated rings. The summed E-state index contributed by atoms with van der Waals surface area (Å²) < 4.78 is 11.0. The molecule has 1 N–H and O–H groups in total. The summed E-state index contributed by atoms with van der Waals surface area (Å²) in [5, 5.41) is 2.89. The third kappa shape index (κ3) is 4.42. The van der Waals surface area contributed by atoms with Crippen LogP contribution in [0.15, 0.2) is 18.2 Å². The average Bonchev–Trinajstić information content (AvgIpc) is 2.66. The van der Waals surface area contributed by atoms with Crippen molar-refractivity contribution in [2.75, 3.05) is 52.5 Å². The van der Waals surface area contributed by atoms with E-state index in [1.54, 1.807) is 23.1 Å². The largest absolute Gasteiger partial charge is 0.486 e. The van der Waals surface area contributed by atoms with Crippen molar-refractivity contribution in [3.8, 4) is 11.5 Å². The Bertz CT molecular complexity index is 627. The summed E-state index contributed by atoms with van der Waals surface area (Å²) in [5.74, 6) is 1.38. The van der Waals surface area contributed by atoms with Gasteiger partial charge in [0.2, 0.25) is 0 Å². The minimum Gasteiger partial charge on any atom is -0.486 e. The molecule has 0 atom stereocenters. The van der Waals surface area contributed by atoms with Crippen molar-refractivity contribution < 1.29 is 19.1 Å². The van der Waals surface area contributed by atoms with Crippen LogP contribution in [0.2, 0.25) is 0 Å². The van der Waals surface area contributed by atoms with Crippen molar-refractivity contribution in [3.63, 3.8) is 0 Å². The summed E-state index contributed by atoms with van der Waals surface area (Å²) in [6.07, 6.45) is 0.926. The second kappa shape index (κ2) is 8.20. The van der Waals surface area contributed by atoms with Gasteiger partial charge in [0, 0.05) is 38.3 Å². The maximum Gasteiger partial charge on any atom is 0.317 e. The molecule has 0 saturated carbocycles. The monoisotopic (exact) mass is 347 g/mol. The van der Waals surface area contributed by atoms with Gasteiger partial charge in [-0.2, -0.15) is 0 Å². The third-order valence-corrected chi connectivity index (χ3v) is 4.42. The zero-order chi connectivity index (χ0) is 17.6. The maximum absolute atomic E-state index is 12.5. The first-order valence-corrected chi connectivity index (χ1v) is 8.85. The standard InChI is InChI=1S/C18H25N3O4/c1-2-5-19-18(23)21-8-6-20(7-9-21)13-15(22)14-3-4-16-17(12-14)25-11-10-24-16/h3-4,12H,2,5-11,13H2,1H3,(H,19,23). The summed E-state index contributed by atoms with van der Waals surface area (Å²) in [5.41, 5.74) is 0.632. The predicted octanol–water partition coefficient (Wildman–Crippen LogP) is 1.38. The molecule has 0 aromatic heterocycles. The van der Waals surface area contributed by atoms with Gasteiger partial charge in [0.15, 0.2) is 17.3 Å². The Morgan fingerprint density at radius 1 is 1.08 bits per heavy atom.